The third-order valence-corrected chi connectivity index (χ3v) is 4.23. The Labute approximate surface area is 136 Å². The fourth-order valence-corrected chi connectivity index (χ4v) is 2.86. The molecule has 1 aromatic carbocycles. The second kappa shape index (κ2) is 8.44. The van der Waals surface area contributed by atoms with Crippen molar-refractivity contribution >= 4 is 17.3 Å². The number of guanidine groups is 1. The molecule has 118 valence electrons. The number of hydrogen-bond acceptors (Lipinski definition) is 3. The molecule has 0 spiro atoms. The van der Waals surface area contributed by atoms with E-state index >= 15 is 0 Å². The summed E-state index contributed by atoms with van der Waals surface area (Å²) in [7, 11) is 3.46. The van der Waals surface area contributed by atoms with Gasteiger partial charge in [-0.25, -0.2) is 0 Å². The van der Waals surface area contributed by atoms with Crippen LogP contribution in [0.3, 0.4) is 0 Å². The lowest BCUT2D eigenvalue weighted by molar-refractivity contribution is 0.414. The van der Waals surface area contributed by atoms with Crippen LogP contribution in [0.15, 0.2) is 46.1 Å². The quantitative estimate of drug-likeness (QED) is 0.635. The molecule has 22 heavy (non-hydrogen) atoms. The van der Waals surface area contributed by atoms with Gasteiger partial charge in [0.25, 0.3) is 0 Å². The van der Waals surface area contributed by atoms with Gasteiger partial charge in [-0.15, -0.1) is 0 Å². The lowest BCUT2D eigenvalue weighted by Crippen LogP contribution is -2.38. The molecule has 0 bridgehead atoms. The Morgan fingerprint density at radius 2 is 2.00 bits per heavy atom. The molecule has 1 aromatic heterocycles. The molecule has 0 radical (unpaired) electrons. The largest absolute Gasteiger partial charge is 0.497 e. The van der Waals surface area contributed by atoms with Crippen LogP contribution in [0.4, 0.5) is 0 Å². The van der Waals surface area contributed by atoms with Crippen LogP contribution in [0.2, 0.25) is 0 Å². The standard InChI is InChI=1S/C17H23N3OS/c1-13(15-8-9-22-12-15)10-19-17(18-2)20-11-14-4-6-16(21-3)7-5-14/h4-9,12-13H,10-11H2,1-3H3,(H2,18,19,20). The summed E-state index contributed by atoms with van der Waals surface area (Å²) in [5.41, 5.74) is 2.55. The van der Waals surface area contributed by atoms with E-state index in [0.717, 1.165) is 24.8 Å². The number of rotatable bonds is 6. The second-order valence-corrected chi connectivity index (χ2v) is 5.89. The van der Waals surface area contributed by atoms with E-state index in [9.17, 15) is 0 Å². The summed E-state index contributed by atoms with van der Waals surface area (Å²) in [4.78, 5) is 4.26. The molecule has 0 aliphatic rings. The van der Waals surface area contributed by atoms with Crippen molar-refractivity contribution in [3.05, 3.63) is 52.2 Å². The molecule has 1 atom stereocenters. The van der Waals surface area contributed by atoms with Gasteiger partial charge in [-0.1, -0.05) is 19.1 Å². The lowest BCUT2D eigenvalue weighted by Gasteiger charge is -2.15. The molecule has 0 amide bonds. The summed E-state index contributed by atoms with van der Waals surface area (Å²) in [5, 5.41) is 11.0. The van der Waals surface area contributed by atoms with Crippen molar-refractivity contribution in [1.29, 1.82) is 0 Å². The van der Waals surface area contributed by atoms with Crippen molar-refractivity contribution in [1.82, 2.24) is 10.6 Å². The van der Waals surface area contributed by atoms with Crippen molar-refractivity contribution < 1.29 is 4.74 Å². The lowest BCUT2D eigenvalue weighted by atomic mass is 10.1. The fourth-order valence-electron chi connectivity index (χ4n) is 2.07. The SMILES string of the molecule is CN=C(NCc1ccc(OC)cc1)NCC(C)c1ccsc1. The second-order valence-electron chi connectivity index (χ2n) is 5.11. The number of nitrogens with one attached hydrogen (secondary N) is 2. The maximum atomic E-state index is 5.16. The summed E-state index contributed by atoms with van der Waals surface area (Å²) in [6.45, 7) is 3.81. The Morgan fingerprint density at radius 3 is 2.59 bits per heavy atom. The van der Waals surface area contributed by atoms with E-state index in [1.165, 1.54) is 11.1 Å². The summed E-state index contributed by atoms with van der Waals surface area (Å²) in [6, 6.07) is 10.2. The normalized spacial score (nSPS) is 12.8. The van der Waals surface area contributed by atoms with Crippen LogP contribution >= 0.6 is 11.3 Å². The van der Waals surface area contributed by atoms with E-state index in [-0.39, 0.29) is 0 Å². The van der Waals surface area contributed by atoms with Crippen molar-refractivity contribution in [2.45, 2.75) is 19.4 Å². The molecular weight excluding hydrogens is 294 g/mol. The Bertz CT molecular complexity index is 578. The molecule has 2 N–H and O–H groups in total. The number of nitrogens with zero attached hydrogens (tertiary/aromatic N) is 1. The Morgan fingerprint density at radius 1 is 1.23 bits per heavy atom. The third-order valence-electron chi connectivity index (χ3n) is 3.53. The maximum Gasteiger partial charge on any atom is 0.191 e. The molecular formula is C17H23N3OS. The smallest absolute Gasteiger partial charge is 0.191 e. The number of aliphatic imine (C=N–C) groups is 1. The van der Waals surface area contributed by atoms with E-state index in [1.807, 2.05) is 24.3 Å². The first-order valence-electron chi connectivity index (χ1n) is 7.32. The first kappa shape index (κ1) is 16.4. The predicted molar refractivity (Wildman–Crippen MR) is 93.9 cm³/mol. The highest BCUT2D eigenvalue weighted by Gasteiger charge is 2.07. The van der Waals surface area contributed by atoms with E-state index < -0.39 is 0 Å². The number of benzene rings is 1. The minimum absolute atomic E-state index is 0.464. The maximum absolute atomic E-state index is 5.16. The minimum Gasteiger partial charge on any atom is -0.497 e. The third kappa shape index (κ3) is 4.77. The van der Waals surface area contributed by atoms with Crippen molar-refractivity contribution in [3.8, 4) is 5.75 Å². The van der Waals surface area contributed by atoms with Gasteiger partial charge >= 0.3 is 0 Å². The molecule has 2 aromatic rings. The summed E-state index contributed by atoms with van der Waals surface area (Å²) >= 11 is 1.73. The van der Waals surface area contributed by atoms with Crippen LogP contribution in [-0.2, 0) is 6.54 Å². The van der Waals surface area contributed by atoms with E-state index in [1.54, 1.807) is 25.5 Å². The Balaban J connectivity index is 1.79. The van der Waals surface area contributed by atoms with Gasteiger partial charge in [-0.05, 0) is 46.0 Å². The first-order valence-corrected chi connectivity index (χ1v) is 8.26. The van der Waals surface area contributed by atoms with E-state index in [4.69, 9.17) is 4.74 Å². The fraction of sp³-hybridized carbons (Fsp3) is 0.353. The number of hydrogen-bond donors (Lipinski definition) is 2. The van der Waals surface area contributed by atoms with E-state index in [0.29, 0.717) is 5.92 Å². The minimum atomic E-state index is 0.464. The van der Waals surface area contributed by atoms with Crippen molar-refractivity contribution in [3.63, 3.8) is 0 Å². The number of methoxy groups -OCH3 is 1. The topological polar surface area (TPSA) is 45.7 Å². The monoisotopic (exact) mass is 317 g/mol. The molecule has 5 heteroatoms. The van der Waals surface area contributed by atoms with Crippen molar-refractivity contribution in [2.24, 2.45) is 4.99 Å². The Kier molecular flexibility index (Phi) is 6.27. The highest BCUT2D eigenvalue weighted by Crippen LogP contribution is 2.17. The van der Waals surface area contributed by atoms with Gasteiger partial charge in [-0.2, -0.15) is 11.3 Å². The molecule has 1 heterocycles. The zero-order valence-corrected chi connectivity index (χ0v) is 14.1. The van der Waals surface area contributed by atoms with Crippen LogP contribution in [-0.4, -0.2) is 26.7 Å². The van der Waals surface area contributed by atoms with Gasteiger partial charge in [0.1, 0.15) is 5.75 Å². The van der Waals surface area contributed by atoms with Crippen LogP contribution < -0.4 is 15.4 Å². The van der Waals surface area contributed by atoms with E-state index in [2.05, 4.69) is 39.4 Å². The van der Waals surface area contributed by atoms with Gasteiger partial charge in [0.2, 0.25) is 0 Å². The van der Waals surface area contributed by atoms with Gasteiger partial charge in [-0.3, -0.25) is 4.99 Å². The summed E-state index contributed by atoms with van der Waals surface area (Å²) in [5.74, 6) is 2.15. The van der Waals surface area contributed by atoms with Crippen LogP contribution in [0.1, 0.15) is 24.0 Å². The van der Waals surface area contributed by atoms with Gasteiger partial charge in [0.05, 0.1) is 7.11 Å². The summed E-state index contributed by atoms with van der Waals surface area (Å²) < 4.78 is 5.16. The first-order chi connectivity index (χ1) is 10.7. The molecule has 0 saturated heterocycles. The van der Waals surface area contributed by atoms with Crippen LogP contribution in [0, 0.1) is 0 Å². The highest BCUT2D eigenvalue weighted by molar-refractivity contribution is 7.07. The highest BCUT2D eigenvalue weighted by atomic mass is 32.1. The summed E-state index contributed by atoms with van der Waals surface area (Å²) in [6.07, 6.45) is 0. The zero-order chi connectivity index (χ0) is 15.8. The van der Waals surface area contributed by atoms with Gasteiger partial charge in [0.15, 0.2) is 5.96 Å². The average molecular weight is 317 g/mol. The molecule has 0 aliphatic heterocycles. The zero-order valence-electron chi connectivity index (χ0n) is 13.3. The van der Waals surface area contributed by atoms with Crippen molar-refractivity contribution in [2.75, 3.05) is 20.7 Å². The molecule has 0 saturated carbocycles. The number of thiophene rings is 1. The van der Waals surface area contributed by atoms with Gasteiger partial charge in [0, 0.05) is 20.1 Å². The molecule has 1 unspecified atom stereocenters. The number of ether oxygens (including phenoxy) is 1. The molecule has 4 nitrogen and oxygen atoms in total. The van der Waals surface area contributed by atoms with Gasteiger partial charge < -0.3 is 15.4 Å². The molecule has 2 rings (SSSR count). The molecule has 0 fully saturated rings. The van der Waals surface area contributed by atoms with Crippen LogP contribution in [0.25, 0.3) is 0 Å². The Hall–Kier alpha value is -2.01. The van der Waals surface area contributed by atoms with Crippen LogP contribution in [0.5, 0.6) is 5.75 Å². The molecule has 0 aliphatic carbocycles. The predicted octanol–water partition coefficient (Wildman–Crippen LogP) is 3.23. The average Bonchev–Trinajstić information content (AvgIpc) is 3.10.